The van der Waals surface area contributed by atoms with Gasteiger partial charge in [0, 0.05) is 16.6 Å². The summed E-state index contributed by atoms with van der Waals surface area (Å²) in [6.07, 6.45) is 0. The van der Waals surface area contributed by atoms with Gasteiger partial charge in [-0.1, -0.05) is 22.6 Å². The summed E-state index contributed by atoms with van der Waals surface area (Å²) in [5.74, 6) is 0.563. The van der Waals surface area contributed by atoms with Gasteiger partial charge >= 0.3 is 0 Å². The highest BCUT2D eigenvalue weighted by atomic mass is 127. The van der Waals surface area contributed by atoms with Crippen molar-refractivity contribution >= 4 is 28.3 Å². The molecule has 0 heterocycles. The van der Waals surface area contributed by atoms with E-state index < -0.39 is 4.92 Å². The summed E-state index contributed by atoms with van der Waals surface area (Å²) in [6, 6.07) is 5.92. The first-order chi connectivity index (χ1) is 16.7. The van der Waals surface area contributed by atoms with Gasteiger partial charge < -0.3 is 37.9 Å². The van der Waals surface area contributed by atoms with Gasteiger partial charge in [0.1, 0.15) is 12.4 Å². The smallest absolute Gasteiger partial charge is 0.269 e. The fourth-order valence-corrected chi connectivity index (χ4v) is 2.67. The van der Waals surface area contributed by atoms with Gasteiger partial charge in [0.25, 0.3) is 5.69 Å². The third-order valence-corrected chi connectivity index (χ3v) is 4.44. The Labute approximate surface area is 214 Å². The molecule has 0 aliphatic heterocycles. The Morgan fingerprint density at radius 2 is 0.882 bits per heavy atom. The second-order valence-corrected chi connectivity index (χ2v) is 7.65. The number of benzene rings is 1. The molecule has 1 aromatic rings. The van der Waals surface area contributed by atoms with Gasteiger partial charge in [0.2, 0.25) is 0 Å². The van der Waals surface area contributed by atoms with E-state index in [9.17, 15) is 10.1 Å². The van der Waals surface area contributed by atoms with Crippen molar-refractivity contribution in [2.75, 3.05) is 104 Å². The van der Waals surface area contributed by atoms with E-state index in [2.05, 4.69) is 22.6 Å². The molecule has 11 nitrogen and oxygen atoms in total. The number of non-ortho nitro benzene ring substituents is 1. The molecule has 196 valence electrons. The van der Waals surface area contributed by atoms with Crippen molar-refractivity contribution in [1.29, 1.82) is 0 Å². The summed E-state index contributed by atoms with van der Waals surface area (Å²) in [7, 11) is 0. The molecule has 0 N–H and O–H groups in total. The third kappa shape index (κ3) is 19.2. The molecule has 0 aliphatic carbocycles. The molecule has 0 bridgehead atoms. The number of nitro groups is 1. The number of rotatable bonds is 25. The summed E-state index contributed by atoms with van der Waals surface area (Å²) in [6.45, 7) is 7.75. The molecule has 0 spiro atoms. The molecule has 1 rings (SSSR count). The van der Waals surface area contributed by atoms with Crippen LogP contribution in [0.2, 0.25) is 0 Å². The van der Waals surface area contributed by atoms with E-state index in [1.807, 2.05) is 0 Å². The highest BCUT2D eigenvalue weighted by molar-refractivity contribution is 14.1. The van der Waals surface area contributed by atoms with Crippen molar-refractivity contribution in [1.82, 2.24) is 0 Å². The van der Waals surface area contributed by atoms with Crippen LogP contribution in [0.25, 0.3) is 0 Å². The van der Waals surface area contributed by atoms with Crippen LogP contribution in [0.15, 0.2) is 24.3 Å². The van der Waals surface area contributed by atoms with Crippen LogP contribution in [0.4, 0.5) is 5.69 Å². The maximum Gasteiger partial charge on any atom is 0.269 e. The van der Waals surface area contributed by atoms with E-state index >= 15 is 0 Å². The van der Waals surface area contributed by atoms with Gasteiger partial charge in [-0.05, 0) is 12.1 Å². The zero-order valence-electron chi connectivity index (χ0n) is 19.5. The Kier molecular flexibility index (Phi) is 21.5. The van der Waals surface area contributed by atoms with E-state index in [0.29, 0.717) is 98.2 Å². The van der Waals surface area contributed by atoms with Crippen LogP contribution in [0.3, 0.4) is 0 Å². The first-order valence-electron chi connectivity index (χ1n) is 11.2. The minimum absolute atomic E-state index is 0.0313. The van der Waals surface area contributed by atoms with Crippen molar-refractivity contribution in [3.8, 4) is 5.75 Å². The normalized spacial score (nSPS) is 11.1. The molecule has 0 unspecified atom stereocenters. The number of hydrogen-bond acceptors (Lipinski definition) is 10. The molecular formula is C22H36INO10. The van der Waals surface area contributed by atoms with Crippen LogP contribution in [0.5, 0.6) is 5.75 Å². The highest BCUT2D eigenvalue weighted by Crippen LogP contribution is 2.16. The number of nitrogens with zero attached hydrogens (tertiary/aromatic N) is 1. The largest absolute Gasteiger partial charge is 0.491 e. The molecule has 12 heteroatoms. The summed E-state index contributed by atoms with van der Waals surface area (Å²) in [5, 5.41) is 10.6. The minimum Gasteiger partial charge on any atom is -0.491 e. The molecule has 34 heavy (non-hydrogen) atoms. The molecule has 0 fully saturated rings. The first kappa shape index (κ1) is 30.9. The molecular weight excluding hydrogens is 565 g/mol. The van der Waals surface area contributed by atoms with Crippen molar-refractivity contribution in [2.24, 2.45) is 0 Å². The number of nitro benzene ring substituents is 1. The maximum absolute atomic E-state index is 10.6. The molecule has 0 amide bonds. The molecule has 0 saturated carbocycles. The first-order valence-corrected chi connectivity index (χ1v) is 12.7. The Morgan fingerprint density at radius 3 is 1.21 bits per heavy atom. The van der Waals surface area contributed by atoms with E-state index in [-0.39, 0.29) is 5.69 Å². The van der Waals surface area contributed by atoms with E-state index in [4.69, 9.17) is 37.9 Å². The van der Waals surface area contributed by atoms with E-state index in [1.54, 1.807) is 12.1 Å². The summed E-state index contributed by atoms with van der Waals surface area (Å²) in [4.78, 5) is 10.1. The lowest BCUT2D eigenvalue weighted by molar-refractivity contribution is -0.384. The molecule has 1 aromatic carbocycles. The maximum atomic E-state index is 10.6. The fourth-order valence-electron chi connectivity index (χ4n) is 2.36. The number of hydrogen-bond donors (Lipinski definition) is 0. The lowest BCUT2D eigenvalue weighted by atomic mass is 10.3. The van der Waals surface area contributed by atoms with Crippen LogP contribution in [-0.4, -0.2) is 108 Å². The SMILES string of the molecule is O=[N+]([O-])c1ccc(OCCOCCOCCOCCOCCOCCOCCOCCI)cc1. The highest BCUT2D eigenvalue weighted by Gasteiger charge is 2.04. The predicted molar refractivity (Wildman–Crippen MR) is 133 cm³/mol. The Balaban J connectivity index is 1.71. The van der Waals surface area contributed by atoms with Crippen LogP contribution >= 0.6 is 22.6 Å². The van der Waals surface area contributed by atoms with Gasteiger partial charge in [-0.25, -0.2) is 0 Å². The van der Waals surface area contributed by atoms with E-state index in [0.717, 1.165) is 11.0 Å². The quantitative estimate of drug-likeness (QED) is 0.0544. The average Bonchev–Trinajstić information content (AvgIpc) is 2.84. The zero-order chi connectivity index (χ0) is 24.5. The van der Waals surface area contributed by atoms with Crippen LogP contribution in [0, 0.1) is 10.1 Å². The van der Waals surface area contributed by atoms with Crippen molar-refractivity contribution in [3.05, 3.63) is 34.4 Å². The second kappa shape index (κ2) is 23.6. The van der Waals surface area contributed by atoms with Gasteiger partial charge in [-0.15, -0.1) is 0 Å². The van der Waals surface area contributed by atoms with Crippen LogP contribution in [0.1, 0.15) is 0 Å². The lowest BCUT2D eigenvalue weighted by Crippen LogP contribution is -2.15. The Morgan fingerprint density at radius 1 is 0.559 bits per heavy atom. The molecule has 0 aromatic heterocycles. The molecule has 0 saturated heterocycles. The summed E-state index contributed by atoms with van der Waals surface area (Å²) < 4.78 is 44.2. The summed E-state index contributed by atoms with van der Waals surface area (Å²) in [5.41, 5.74) is 0.0313. The number of halogens is 1. The monoisotopic (exact) mass is 601 g/mol. The number of alkyl halides is 1. The van der Waals surface area contributed by atoms with Gasteiger partial charge in [-0.2, -0.15) is 0 Å². The average molecular weight is 601 g/mol. The van der Waals surface area contributed by atoms with E-state index in [1.165, 1.54) is 12.1 Å². The van der Waals surface area contributed by atoms with Crippen molar-refractivity contribution in [2.45, 2.75) is 0 Å². The molecule has 0 radical (unpaired) electrons. The summed E-state index contributed by atoms with van der Waals surface area (Å²) >= 11 is 2.27. The van der Waals surface area contributed by atoms with Gasteiger partial charge in [0.15, 0.2) is 0 Å². The minimum atomic E-state index is -0.450. The standard InChI is InChI=1S/C22H36INO10/c23-5-6-27-7-8-28-9-10-29-11-12-30-13-14-31-15-16-32-17-18-33-19-20-34-22-3-1-21(2-4-22)24(25)26/h1-4H,5-20H2. The Hall–Kier alpha value is -1.13. The zero-order valence-corrected chi connectivity index (χ0v) is 21.7. The van der Waals surface area contributed by atoms with Crippen molar-refractivity contribution in [3.63, 3.8) is 0 Å². The van der Waals surface area contributed by atoms with Crippen molar-refractivity contribution < 1.29 is 42.8 Å². The molecule has 0 atom stereocenters. The van der Waals surface area contributed by atoms with Crippen LogP contribution < -0.4 is 4.74 Å². The topological polar surface area (TPSA) is 117 Å². The predicted octanol–water partition coefficient (Wildman–Crippen LogP) is 2.52. The van der Waals surface area contributed by atoms with Gasteiger partial charge in [-0.3, -0.25) is 10.1 Å². The molecule has 0 aliphatic rings. The fraction of sp³-hybridized carbons (Fsp3) is 0.727. The Bertz CT molecular complexity index is 594. The second-order valence-electron chi connectivity index (χ2n) is 6.58. The lowest BCUT2D eigenvalue weighted by Gasteiger charge is -2.09. The third-order valence-electron chi connectivity index (χ3n) is 4.00. The van der Waals surface area contributed by atoms with Crippen LogP contribution in [-0.2, 0) is 33.2 Å². The van der Waals surface area contributed by atoms with Gasteiger partial charge in [0.05, 0.1) is 97.4 Å². The number of ether oxygens (including phenoxy) is 8.